The first kappa shape index (κ1) is 15.0. The molecular formula is C16H18BrFN2. The van der Waals surface area contributed by atoms with Gasteiger partial charge in [-0.2, -0.15) is 0 Å². The number of benzene rings is 2. The second kappa shape index (κ2) is 6.86. The van der Waals surface area contributed by atoms with E-state index >= 15 is 0 Å². The van der Waals surface area contributed by atoms with Crippen molar-refractivity contribution in [2.45, 2.75) is 13.0 Å². The van der Waals surface area contributed by atoms with Gasteiger partial charge in [-0.05, 0) is 36.2 Å². The summed E-state index contributed by atoms with van der Waals surface area (Å²) in [6.07, 6.45) is 0.674. The minimum atomic E-state index is -0.203. The average molecular weight is 337 g/mol. The first-order valence-electron chi connectivity index (χ1n) is 6.55. The molecule has 106 valence electrons. The molecule has 0 aromatic heterocycles. The molecule has 0 aliphatic heterocycles. The molecule has 2 aromatic rings. The molecule has 0 atom stereocenters. The van der Waals surface area contributed by atoms with Gasteiger partial charge in [-0.1, -0.05) is 46.3 Å². The van der Waals surface area contributed by atoms with Crippen molar-refractivity contribution in [2.75, 3.05) is 18.5 Å². The van der Waals surface area contributed by atoms with Gasteiger partial charge in [0.2, 0.25) is 0 Å². The summed E-state index contributed by atoms with van der Waals surface area (Å²) in [6.45, 7) is 1.15. The van der Waals surface area contributed by atoms with E-state index in [1.54, 1.807) is 6.07 Å². The summed E-state index contributed by atoms with van der Waals surface area (Å²) < 4.78 is 15.2. The third kappa shape index (κ3) is 3.38. The van der Waals surface area contributed by atoms with Gasteiger partial charge < -0.3 is 10.6 Å². The van der Waals surface area contributed by atoms with E-state index in [2.05, 4.69) is 15.9 Å². The van der Waals surface area contributed by atoms with Crippen LogP contribution in [0.3, 0.4) is 0 Å². The third-order valence-electron chi connectivity index (χ3n) is 3.23. The molecule has 0 amide bonds. The molecule has 0 bridgehead atoms. The molecule has 2 nitrogen and oxygen atoms in total. The lowest BCUT2D eigenvalue weighted by atomic mass is 10.1. The zero-order valence-electron chi connectivity index (χ0n) is 11.4. The minimum Gasteiger partial charge on any atom is -0.368 e. The molecule has 0 aliphatic rings. The molecule has 0 saturated heterocycles. The van der Waals surface area contributed by atoms with Crippen LogP contribution in [0.2, 0.25) is 0 Å². The van der Waals surface area contributed by atoms with Crippen molar-refractivity contribution in [1.29, 1.82) is 0 Å². The molecule has 0 fully saturated rings. The SMILES string of the molecule is CN(Cc1ccccc1Br)c1c(F)cccc1CCN. The van der Waals surface area contributed by atoms with E-state index in [0.29, 0.717) is 25.2 Å². The Labute approximate surface area is 127 Å². The second-order valence-electron chi connectivity index (χ2n) is 4.73. The summed E-state index contributed by atoms with van der Waals surface area (Å²) in [7, 11) is 1.90. The normalized spacial score (nSPS) is 10.6. The van der Waals surface area contributed by atoms with Crippen LogP contribution in [0.25, 0.3) is 0 Å². The van der Waals surface area contributed by atoms with Crippen LogP contribution in [-0.4, -0.2) is 13.6 Å². The van der Waals surface area contributed by atoms with E-state index in [1.165, 1.54) is 6.07 Å². The van der Waals surface area contributed by atoms with Crippen LogP contribution in [0, 0.1) is 5.82 Å². The third-order valence-corrected chi connectivity index (χ3v) is 4.00. The van der Waals surface area contributed by atoms with Gasteiger partial charge in [0.05, 0.1) is 5.69 Å². The lowest BCUT2D eigenvalue weighted by Gasteiger charge is -2.23. The van der Waals surface area contributed by atoms with Crippen LogP contribution in [0.5, 0.6) is 0 Å². The number of nitrogens with two attached hydrogens (primary N) is 1. The maximum Gasteiger partial charge on any atom is 0.146 e. The van der Waals surface area contributed by atoms with Crippen LogP contribution in [0.1, 0.15) is 11.1 Å². The van der Waals surface area contributed by atoms with Crippen LogP contribution in [0.4, 0.5) is 10.1 Å². The Morgan fingerprint density at radius 2 is 1.80 bits per heavy atom. The molecule has 0 unspecified atom stereocenters. The zero-order chi connectivity index (χ0) is 14.5. The summed E-state index contributed by atoms with van der Waals surface area (Å²) in [4.78, 5) is 1.93. The largest absolute Gasteiger partial charge is 0.368 e. The highest BCUT2D eigenvalue weighted by Crippen LogP contribution is 2.27. The Hall–Kier alpha value is -1.39. The van der Waals surface area contributed by atoms with Gasteiger partial charge in [-0.3, -0.25) is 0 Å². The lowest BCUT2D eigenvalue weighted by Crippen LogP contribution is -2.20. The van der Waals surface area contributed by atoms with Crippen LogP contribution in [-0.2, 0) is 13.0 Å². The number of para-hydroxylation sites is 1. The number of rotatable bonds is 5. The maximum absolute atomic E-state index is 14.1. The summed E-state index contributed by atoms with van der Waals surface area (Å²) in [6, 6.07) is 13.1. The van der Waals surface area contributed by atoms with Crippen molar-refractivity contribution < 1.29 is 4.39 Å². The summed E-state index contributed by atoms with van der Waals surface area (Å²) in [5.74, 6) is -0.203. The topological polar surface area (TPSA) is 29.3 Å². The number of anilines is 1. The van der Waals surface area contributed by atoms with Gasteiger partial charge in [0, 0.05) is 18.1 Å². The van der Waals surface area contributed by atoms with Crippen molar-refractivity contribution in [1.82, 2.24) is 0 Å². The Bertz CT molecular complexity index is 586. The number of hydrogen-bond acceptors (Lipinski definition) is 2. The van der Waals surface area contributed by atoms with Gasteiger partial charge in [0.1, 0.15) is 5.82 Å². The van der Waals surface area contributed by atoms with E-state index in [9.17, 15) is 4.39 Å². The predicted octanol–water partition coefficient (Wildman–Crippen LogP) is 3.73. The highest BCUT2D eigenvalue weighted by Gasteiger charge is 2.13. The van der Waals surface area contributed by atoms with Crippen molar-refractivity contribution in [2.24, 2.45) is 5.73 Å². The Kier molecular flexibility index (Phi) is 5.15. The molecule has 0 spiro atoms. The van der Waals surface area contributed by atoms with Crippen LogP contribution >= 0.6 is 15.9 Å². The Morgan fingerprint density at radius 3 is 2.50 bits per heavy atom. The molecule has 0 radical (unpaired) electrons. The van der Waals surface area contributed by atoms with Crippen molar-refractivity contribution in [3.8, 4) is 0 Å². The van der Waals surface area contributed by atoms with Gasteiger partial charge in [-0.25, -0.2) is 4.39 Å². The van der Waals surface area contributed by atoms with Crippen molar-refractivity contribution in [3.05, 3.63) is 63.9 Å². The van der Waals surface area contributed by atoms with Gasteiger partial charge in [0.25, 0.3) is 0 Å². The number of halogens is 2. The zero-order valence-corrected chi connectivity index (χ0v) is 13.0. The van der Waals surface area contributed by atoms with E-state index in [-0.39, 0.29) is 5.82 Å². The fourth-order valence-corrected chi connectivity index (χ4v) is 2.72. The summed E-state index contributed by atoms with van der Waals surface area (Å²) in [5.41, 5.74) is 8.31. The fraction of sp³-hybridized carbons (Fsp3) is 0.250. The summed E-state index contributed by atoms with van der Waals surface area (Å²) in [5, 5.41) is 0. The summed E-state index contributed by atoms with van der Waals surface area (Å²) >= 11 is 3.52. The quantitative estimate of drug-likeness (QED) is 0.901. The molecule has 2 aromatic carbocycles. The van der Waals surface area contributed by atoms with Crippen molar-refractivity contribution >= 4 is 21.6 Å². The molecule has 0 heterocycles. The van der Waals surface area contributed by atoms with E-state index < -0.39 is 0 Å². The van der Waals surface area contributed by atoms with Crippen LogP contribution < -0.4 is 10.6 Å². The monoisotopic (exact) mass is 336 g/mol. The molecule has 4 heteroatoms. The highest BCUT2D eigenvalue weighted by atomic mass is 79.9. The van der Waals surface area contributed by atoms with E-state index in [0.717, 1.165) is 15.6 Å². The maximum atomic E-state index is 14.1. The average Bonchev–Trinajstić information content (AvgIpc) is 2.42. The highest BCUT2D eigenvalue weighted by molar-refractivity contribution is 9.10. The first-order chi connectivity index (χ1) is 9.63. The number of hydrogen-bond donors (Lipinski definition) is 1. The first-order valence-corrected chi connectivity index (χ1v) is 7.34. The molecule has 20 heavy (non-hydrogen) atoms. The van der Waals surface area contributed by atoms with E-state index in [4.69, 9.17) is 5.73 Å². The predicted molar refractivity (Wildman–Crippen MR) is 85.4 cm³/mol. The molecular weight excluding hydrogens is 319 g/mol. The fourth-order valence-electron chi connectivity index (χ4n) is 2.31. The molecule has 2 N–H and O–H groups in total. The second-order valence-corrected chi connectivity index (χ2v) is 5.59. The van der Waals surface area contributed by atoms with Gasteiger partial charge in [-0.15, -0.1) is 0 Å². The molecule has 0 aliphatic carbocycles. The molecule has 2 rings (SSSR count). The minimum absolute atomic E-state index is 0.203. The molecule has 0 saturated carbocycles. The standard InChI is InChI=1S/C16H18BrFN2/c1-20(11-13-5-2-3-7-14(13)17)16-12(9-10-19)6-4-8-15(16)18/h2-8H,9-11,19H2,1H3. The Balaban J connectivity index is 2.29. The van der Waals surface area contributed by atoms with Gasteiger partial charge >= 0.3 is 0 Å². The Morgan fingerprint density at radius 1 is 1.10 bits per heavy atom. The van der Waals surface area contributed by atoms with Crippen molar-refractivity contribution in [3.63, 3.8) is 0 Å². The van der Waals surface area contributed by atoms with Gasteiger partial charge in [0.15, 0.2) is 0 Å². The number of nitrogens with zero attached hydrogens (tertiary/aromatic N) is 1. The van der Waals surface area contributed by atoms with Crippen LogP contribution in [0.15, 0.2) is 46.9 Å². The van der Waals surface area contributed by atoms with E-state index in [1.807, 2.05) is 42.3 Å². The lowest BCUT2D eigenvalue weighted by molar-refractivity contribution is 0.619. The smallest absolute Gasteiger partial charge is 0.146 e.